The Hall–Kier alpha value is -7.93. The van der Waals surface area contributed by atoms with Crippen molar-refractivity contribution in [3.05, 3.63) is 36.5 Å². The lowest BCUT2D eigenvalue weighted by Crippen LogP contribution is -2.58. The van der Waals surface area contributed by atoms with Gasteiger partial charge >= 0.3 is 35.8 Å². The van der Waals surface area contributed by atoms with Gasteiger partial charge in [0.15, 0.2) is 36.6 Å². The molecule has 0 spiro atoms. The van der Waals surface area contributed by atoms with Crippen LogP contribution in [-0.4, -0.2) is 154 Å². The maximum atomic E-state index is 13.9. The van der Waals surface area contributed by atoms with Gasteiger partial charge < -0.3 is 65.4 Å². The molecule has 26 heteroatoms. The average molecular weight is 1260 g/mol. The second-order valence-electron chi connectivity index (χ2n) is 25.3. The molecule has 6 amide bonds. The van der Waals surface area contributed by atoms with Gasteiger partial charge in [-0.15, -0.1) is 0 Å². The van der Waals surface area contributed by atoms with Crippen molar-refractivity contribution in [1.82, 2.24) is 36.9 Å². The van der Waals surface area contributed by atoms with Gasteiger partial charge in [-0.25, -0.2) is 28.8 Å². The van der Waals surface area contributed by atoms with Gasteiger partial charge in [0, 0.05) is 11.6 Å². The molecule has 7 N–H and O–H groups in total. The van der Waals surface area contributed by atoms with Crippen LogP contribution in [0.3, 0.4) is 0 Å². The number of aromatic hydroxyl groups is 1. The standard InChI is InChI=1S/C54H90N6O18.C9H7NO/c1-22(2)34-45(63)58-35(23(3)4)50(68)73-31(19)43(61)56-38(26(9)10)53(71)77-41(29(15)16)47(65)59-36(24(5)6)51(69)74-32(20)44(62)57-39(27(11)12)54(72)78-42(30(17)18)48(66)60-37(25(7)8)52(70)75-33(21)49(67)76-40(28(13)14)46(64)55-34;11-8-5-1-3-7-4-2-6-10-9(7)8/h22-42H,1-21H3,(H,55,64)(H,56,61)(H,57,62)(H,58,63)(H,59,65)(H,60,66);1-6,11H. The summed E-state index contributed by atoms with van der Waals surface area (Å²) < 4.78 is 33.3. The zero-order valence-corrected chi connectivity index (χ0v) is 55.3. The number of esters is 6. The highest BCUT2D eigenvalue weighted by Crippen LogP contribution is 2.22. The Bertz CT molecular complexity index is 2540. The van der Waals surface area contributed by atoms with E-state index in [9.17, 15) is 62.6 Å². The SMILES string of the molecule is CC1OC(=O)C(C(C)C)NC(=O)C(C(C)C)NC(=O)C(C(C)C)OC(=O)C(C)OC(=O)C(C(C)C)NC(=O)C(C(C)C)OC(=O)C(C(C)C)NC(=O)C(C)OC(=O)C(C(C)C)NC(=O)C(C(C)C)OC(=O)C(C(C)C)NC1=O.Oc1cccc2cccnc12. The second-order valence-corrected chi connectivity index (χ2v) is 25.3. The maximum absolute atomic E-state index is 13.9. The van der Waals surface area contributed by atoms with Crippen molar-refractivity contribution < 1.29 is 91.1 Å². The van der Waals surface area contributed by atoms with E-state index in [0.717, 1.165) is 5.39 Å². The lowest BCUT2D eigenvalue weighted by molar-refractivity contribution is -0.176. The van der Waals surface area contributed by atoms with Crippen LogP contribution in [0.2, 0.25) is 0 Å². The van der Waals surface area contributed by atoms with Crippen molar-refractivity contribution in [2.75, 3.05) is 0 Å². The lowest BCUT2D eigenvalue weighted by Gasteiger charge is -2.30. The van der Waals surface area contributed by atoms with Crippen LogP contribution in [0.25, 0.3) is 10.9 Å². The Balaban J connectivity index is 0.00000217. The minimum Gasteiger partial charge on any atom is -0.506 e. The predicted molar refractivity (Wildman–Crippen MR) is 325 cm³/mol. The van der Waals surface area contributed by atoms with Gasteiger partial charge in [0.05, 0.1) is 0 Å². The molecule has 0 radical (unpaired) electrons. The molecule has 3 rings (SSSR count). The summed E-state index contributed by atoms with van der Waals surface area (Å²) in [6.45, 7) is 32.1. The number of ether oxygens (including phenoxy) is 6. The number of pyridine rings is 1. The van der Waals surface area contributed by atoms with Gasteiger partial charge in [0.25, 0.3) is 29.5 Å². The zero-order chi connectivity index (χ0) is 68.2. The molecule has 1 aromatic heterocycles. The van der Waals surface area contributed by atoms with Crippen LogP contribution in [0, 0.1) is 53.3 Å². The van der Waals surface area contributed by atoms with E-state index in [1.165, 1.54) is 20.8 Å². The summed E-state index contributed by atoms with van der Waals surface area (Å²) in [5.41, 5.74) is 0.662. The minimum atomic E-state index is -1.64. The lowest BCUT2D eigenvalue weighted by atomic mass is 9.99. The molecule has 89 heavy (non-hydrogen) atoms. The minimum absolute atomic E-state index is 0.239. The quantitative estimate of drug-likeness (QED) is 0.136. The summed E-state index contributed by atoms with van der Waals surface area (Å²) in [6, 6.07) is 0.837. The summed E-state index contributed by atoms with van der Waals surface area (Å²) in [7, 11) is 0. The van der Waals surface area contributed by atoms with E-state index in [1.807, 2.05) is 18.2 Å². The number of rotatable bonds is 9. The molecule has 26 nitrogen and oxygen atoms in total. The molecule has 0 saturated carbocycles. The van der Waals surface area contributed by atoms with Crippen LogP contribution in [-0.2, 0) is 86.0 Å². The Labute approximate surface area is 522 Å². The Kier molecular flexibility index (Phi) is 30.6. The van der Waals surface area contributed by atoms with E-state index in [0.29, 0.717) is 5.52 Å². The Morgan fingerprint density at radius 1 is 0.326 bits per heavy atom. The Morgan fingerprint density at radius 2 is 0.596 bits per heavy atom. The predicted octanol–water partition coefficient (Wildman–Crippen LogP) is 4.28. The number of nitrogens with zero attached hydrogens (tertiary/aromatic N) is 1. The third-order valence-corrected chi connectivity index (χ3v) is 14.2. The molecular formula is C63H97N7O19. The summed E-state index contributed by atoms with van der Waals surface area (Å²) in [5.74, 6) is -17.5. The molecule has 2 aromatic rings. The number of cyclic esters (lactones) is 6. The first kappa shape index (κ1) is 77.2. The van der Waals surface area contributed by atoms with Gasteiger partial charge in [-0.3, -0.25) is 33.8 Å². The monoisotopic (exact) mass is 1260 g/mol. The van der Waals surface area contributed by atoms with E-state index < -0.39 is 197 Å². The van der Waals surface area contributed by atoms with Gasteiger partial charge in [-0.1, -0.05) is 143 Å². The van der Waals surface area contributed by atoms with Crippen molar-refractivity contribution in [3.63, 3.8) is 0 Å². The number of carbonyl (C=O) groups excluding carboxylic acids is 12. The molecule has 1 aliphatic heterocycles. The number of phenolic OH excluding ortho intramolecular Hbond substituents is 1. The second kappa shape index (κ2) is 35.3. The molecule has 12 atom stereocenters. The number of carbonyl (C=O) groups is 12. The maximum Gasteiger partial charge on any atom is 0.347 e. The number of benzene rings is 1. The summed E-state index contributed by atoms with van der Waals surface area (Å²) >= 11 is 0. The topological polar surface area (TPSA) is 366 Å². The molecular weight excluding hydrogens is 1160 g/mol. The number of nitrogens with one attached hydrogen (secondary N) is 6. The number of hydrogen-bond donors (Lipinski definition) is 7. The highest BCUT2D eigenvalue weighted by molar-refractivity contribution is 5.96. The van der Waals surface area contributed by atoms with E-state index in [4.69, 9.17) is 28.4 Å². The summed E-state index contributed by atoms with van der Waals surface area (Å²) in [5, 5.41) is 25.5. The fraction of sp³-hybridized carbons (Fsp3) is 0.667. The molecule has 0 aliphatic carbocycles. The van der Waals surface area contributed by atoms with Crippen LogP contribution in [0.4, 0.5) is 0 Å². The molecule has 1 saturated heterocycles. The van der Waals surface area contributed by atoms with Gasteiger partial charge in [0.2, 0.25) is 5.91 Å². The number of hydrogen-bond acceptors (Lipinski definition) is 20. The van der Waals surface area contributed by atoms with E-state index in [2.05, 4.69) is 36.9 Å². The van der Waals surface area contributed by atoms with E-state index in [1.54, 1.807) is 143 Å². The van der Waals surface area contributed by atoms with Crippen LogP contribution in [0.5, 0.6) is 5.75 Å². The number of fused-ring (bicyclic) bond motifs is 1. The zero-order valence-electron chi connectivity index (χ0n) is 55.3. The van der Waals surface area contributed by atoms with Crippen molar-refractivity contribution in [3.8, 4) is 5.75 Å². The summed E-state index contributed by atoms with van der Waals surface area (Å²) in [6.07, 6.45) is -7.67. The molecule has 1 aromatic carbocycles. The van der Waals surface area contributed by atoms with Gasteiger partial charge in [-0.05, 0) is 86.2 Å². The third-order valence-electron chi connectivity index (χ3n) is 14.2. The first-order valence-electron chi connectivity index (χ1n) is 30.3. The molecule has 0 bridgehead atoms. The number of para-hydroxylation sites is 1. The van der Waals surface area contributed by atoms with Crippen LogP contribution >= 0.6 is 0 Å². The normalized spacial score (nSPS) is 26.5. The number of aromatic nitrogens is 1. The van der Waals surface area contributed by atoms with Crippen molar-refractivity contribution in [1.29, 1.82) is 0 Å². The van der Waals surface area contributed by atoms with Crippen LogP contribution < -0.4 is 31.9 Å². The first-order valence-corrected chi connectivity index (χ1v) is 30.3. The Morgan fingerprint density at radius 3 is 0.910 bits per heavy atom. The highest BCUT2D eigenvalue weighted by atomic mass is 16.6. The average Bonchev–Trinajstić information content (AvgIpc) is 1.73. The largest absolute Gasteiger partial charge is 0.506 e. The smallest absolute Gasteiger partial charge is 0.347 e. The van der Waals surface area contributed by atoms with Crippen LogP contribution in [0.1, 0.15) is 145 Å². The third kappa shape index (κ3) is 23.2. The first-order chi connectivity index (χ1) is 41.2. The summed E-state index contributed by atoms with van der Waals surface area (Å²) in [4.78, 5) is 169. The molecule has 1 aliphatic rings. The van der Waals surface area contributed by atoms with E-state index >= 15 is 0 Å². The molecule has 1 fully saturated rings. The molecule has 498 valence electrons. The fourth-order valence-corrected chi connectivity index (χ4v) is 8.59. The number of amides is 6. The van der Waals surface area contributed by atoms with E-state index in [-0.39, 0.29) is 5.75 Å². The highest BCUT2D eigenvalue weighted by Gasteiger charge is 2.42. The van der Waals surface area contributed by atoms with Crippen molar-refractivity contribution >= 4 is 82.2 Å². The number of phenols is 1. The fourth-order valence-electron chi connectivity index (χ4n) is 8.59. The van der Waals surface area contributed by atoms with Crippen LogP contribution in [0.15, 0.2) is 36.5 Å². The molecule has 12 unspecified atom stereocenters. The van der Waals surface area contributed by atoms with Crippen molar-refractivity contribution in [2.24, 2.45) is 53.3 Å². The van der Waals surface area contributed by atoms with Gasteiger partial charge in [-0.2, -0.15) is 0 Å². The van der Waals surface area contributed by atoms with Crippen molar-refractivity contribution in [2.45, 2.75) is 218 Å². The van der Waals surface area contributed by atoms with Gasteiger partial charge in [0.1, 0.15) is 47.5 Å². The molecule has 2 heterocycles.